The van der Waals surface area contributed by atoms with E-state index in [4.69, 9.17) is 4.74 Å². The van der Waals surface area contributed by atoms with E-state index in [0.717, 1.165) is 23.7 Å². The molecule has 0 bridgehead atoms. The van der Waals surface area contributed by atoms with E-state index in [9.17, 15) is 9.59 Å². The van der Waals surface area contributed by atoms with Gasteiger partial charge in [0.05, 0.1) is 0 Å². The summed E-state index contributed by atoms with van der Waals surface area (Å²) in [7, 11) is 0. The Bertz CT molecular complexity index is 714. The third-order valence-electron chi connectivity index (χ3n) is 5.56. The van der Waals surface area contributed by atoms with Crippen LogP contribution in [0.1, 0.15) is 70.4 Å². The Labute approximate surface area is 164 Å². The summed E-state index contributed by atoms with van der Waals surface area (Å²) in [5.41, 5.74) is 2.24. The monoisotopic (exact) mass is 421 g/mol. The standard InChI is InChI=1S/C21H28BrNO3/c1-14(24)12-15-13-21(18-16(15)6-5-7-17(18)22)8-10-23(11-9-21)19(25)26-20(2,3)4/h5-7,15H,8-13H2,1-4H3. The lowest BCUT2D eigenvalue weighted by molar-refractivity contribution is -0.117. The first kappa shape index (κ1) is 19.4. The molecule has 1 saturated heterocycles. The van der Waals surface area contributed by atoms with Crippen LogP contribution in [0.2, 0.25) is 0 Å². The molecule has 0 aromatic heterocycles. The van der Waals surface area contributed by atoms with Crippen molar-refractivity contribution in [3.8, 4) is 0 Å². The van der Waals surface area contributed by atoms with E-state index in [2.05, 4.69) is 34.1 Å². The van der Waals surface area contributed by atoms with E-state index in [-0.39, 0.29) is 23.2 Å². The van der Waals surface area contributed by atoms with Crippen LogP contribution in [0.15, 0.2) is 22.7 Å². The molecule has 0 N–H and O–H groups in total. The fraction of sp³-hybridized carbons (Fsp3) is 0.619. The molecular formula is C21H28BrNO3. The minimum atomic E-state index is -0.470. The highest BCUT2D eigenvalue weighted by Crippen LogP contribution is 2.55. The topological polar surface area (TPSA) is 46.6 Å². The van der Waals surface area contributed by atoms with Gasteiger partial charge in [-0.25, -0.2) is 4.79 Å². The van der Waals surface area contributed by atoms with E-state index in [1.807, 2.05) is 25.7 Å². The zero-order valence-electron chi connectivity index (χ0n) is 16.1. The number of carbonyl (C=O) groups is 2. The molecule has 2 aliphatic rings. The minimum Gasteiger partial charge on any atom is -0.444 e. The Morgan fingerprint density at radius 3 is 2.50 bits per heavy atom. The van der Waals surface area contributed by atoms with E-state index < -0.39 is 5.60 Å². The molecule has 1 aliphatic heterocycles. The van der Waals surface area contributed by atoms with Crippen LogP contribution in [0.4, 0.5) is 4.79 Å². The van der Waals surface area contributed by atoms with Crippen molar-refractivity contribution in [1.82, 2.24) is 4.90 Å². The second-order valence-corrected chi connectivity index (χ2v) is 9.61. The van der Waals surface area contributed by atoms with Crippen molar-refractivity contribution in [2.45, 2.75) is 70.3 Å². The summed E-state index contributed by atoms with van der Waals surface area (Å²) in [5.74, 6) is 0.525. The summed E-state index contributed by atoms with van der Waals surface area (Å²) in [4.78, 5) is 26.0. The van der Waals surface area contributed by atoms with E-state index in [1.54, 1.807) is 6.92 Å². The number of halogens is 1. The van der Waals surface area contributed by atoms with E-state index in [0.29, 0.717) is 19.5 Å². The molecule has 1 fully saturated rings. The van der Waals surface area contributed by atoms with Gasteiger partial charge in [0.25, 0.3) is 0 Å². The maximum atomic E-state index is 12.4. The largest absolute Gasteiger partial charge is 0.444 e. The number of carbonyl (C=O) groups excluding carboxylic acids is 2. The van der Waals surface area contributed by atoms with Crippen LogP contribution in [-0.2, 0) is 14.9 Å². The van der Waals surface area contributed by atoms with Gasteiger partial charge >= 0.3 is 6.09 Å². The SMILES string of the molecule is CC(=O)CC1CC2(CCN(C(=O)OC(C)(C)C)CC2)c2c(Br)cccc21. The molecule has 1 unspecified atom stereocenters. The van der Waals surface area contributed by atoms with Gasteiger partial charge in [-0.1, -0.05) is 28.1 Å². The quantitative estimate of drug-likeness (QED) is 0.660. The lowest BCUT2D eigenvalue weighted by atomic mass is 9.73. The average molecular weight is 422 g/mol. The number of ether oxygens (including phenoxy) is 1. The summed E-state index contributed by atoms with van der Waals surface area (Å²) in [5, 5.41) is 0. The second kappa shape index (κ2) is 6.99. The molecule has 0 saturated carbocycles. The van der Waals surface area contributed by atoms with Gasteiger partial charge in [-0.2, -0.15) is 0 Å². The molecule has 1 atom stereocenters. The highest BCUT2D eigenvalue weighted by atomic mass is 79.9. The smallest absolute Gasteiger partial charge is 0.410 e. The Morgan fingerprint density at radius 1 is 1.27 bits per heavy atom. The maximum absolute atomic E-state index is 12.4. The van der Waals surface area contributed by atoms with Crippen molar-refractivity contribution < 1.29 is 14.3 Å². The van der Waals surface area contributed by atoms with Crippen LogP contribution >= 0.6 is 15.9 Å². The number of amides is 1. The predicted molar refractivity (Wildman–Crippen MR) is 106 cm³/mol. The van der Waals surface area contributed by atoms with E-state index >= 15 is 0 Å². The van der Waals surface area contributed by atoms with Gasteiger partial charge in [0.1, 0.15) is 11.4 Å². The van der Waals surface area contributed by atoms with Gasteiger partial charge in [-0.05, 0) is 70.1 Å². The first-order chi connectivity index (χ1) is 12.1. The van der Waals surface area contributed by atoms with Gasteiger partial charge in [0, 0.05) is 29.4 Å². The minimum absolute atomic E-state index is 0.0497. The Kier molecular flexibility index (Phi) is 5.22. The number of fused-ring (bicyclic) bond motifs is 2. The van der Waals surface area contributed by atoms with Crippen LogP contribution in [0, 0.1) is 0 Å². The van der Waals surface area contributed by atoms with Crippen LogP contribution in [-0.4, -0.2) is 35.5 Å². The van der Waals surface area contributed by atoms with Crippen molar-refractivity contribution in [2.75, 3.05) is 13.1 Å². The highest BCUT2D eigenvalue weighted by molar-refractivity contribution is 9.10. The number of ketones is 1. The van der Waals surface area contributed by atoms with Gasteiger partial charge in [-0.15, -0.1) is 0 Å². The van der Waals surface area contributed by atoms with E-state index in [1.165, 1.54) is 11.1 Å². The summed E-state index contributed by atoms with van der Waals surface area (Å²) < 4.78 is 6.66. The average Bonchev–Trinajstić information content (AvgIpc) is 2.80. The van der Waals surface area contributed by atoms with Crippen molar-refractivity contribution in [3.63, 3.8) is 0 Å². The fourth-order valence-electron chi connectivity index (χ4n) is 4.55. The number of hydrogen-bond acceptors (Lipinski definition) is 3. The molecular weight excluding hydrogens is 394 g/mol. The van der Waals surface area contributed by atoms with Crippen molar-refractivity contribution >= 4 is 27.8 Å². The second-order valence-electron chi connectivity index (χ2n) is 8.76. The molecule has 1 spiro atoms. The third kappa shape index (κ3) is 3.83. The van der Waals surface area contributed by atoms with Gasteiger partial charge < -0.3 is 14.4 Å². The molecule has 4 nitrogen and oxygen atoms in total. The molecule has 1 heterocycles. The normalized spacial score (nSPS) is 21.6. The Hall–Kier alpha value is -1.36. The number of nitrogens with zero attached hydrogens (tertiary/aromatic N) is 1. The first-order valence-corrected chi connectivity index (χ1v) is 10.2. The molecule has 3 rings (SSSR count). The molecule has 1 aliphatic carbocycles. The molecule has 5 heteroatoms. The lowest BCUT2D eigenvalue weighted by Gasteiger charge is -2.41. The Morgan fingerprint density at radius 2 is 1.92 bits per heavy atom. The van der Waals surface area contributed by atoms with Crippen LogP contribution < -0.4 is 0 Å². The summed E-state index contributed by atoms with van der Waals surface area (Å²) in [6.45, 7) is 8.76. The molecule has 1 aromatic rings. The third-order valence-corrected chi connectivity index (χ3v) is 6.22. The number of hydrogen-bond donors (Lipinski definition) is 0. The first-order valence-electron chi connectivity index (χ1n) is 9.37. The highest BCUT2D eigenvalue weighted by Gasteiger charge is 2.47. The van der Waals surface area contributed by atoms with Crippen LogP contribution in [0.3, 0.4) is 0 Å². The number of benzene rings is 1. The van der Waals surface area contributed by atoms with Crippen molar-refractivity contribution in [1.29, 1.82) is 0 Å². The van der Waals surface area contributed by atoms with Crippen molar-refractivity contribution in [2.24, 2.45) is 0 Å². The number of likely N-dealkylation sites (tertiary alicyclic amines) is 1. The number of Topliss-reactive ketones (excluding diaryl/α,β-unsaturated/α-hetero) is 1. The number of rotatable bonds is 2. The van der Waals surface area contributed by atoms with Gasteiger partial charge in [-0.3, -0.25) is 0 Å². The molecule has 0 radical (unpaired) electrons. The maximum Gasteiger partial charge on any atom is 0.410 e. The summed E-state index contributed by atoms with van der Waals surface area (Å²) >= 11 is 3.75. The zero-order chi connectivity index (χ0) is 19.1. The van der Waals surface area contributed by atoms with Gasteiger partial charge in [0.2, 0.25) is 0 Å². The molecule has 26 heavy (non-hydrogen) atoms. The molecule has 142 valence electrons. The molecule has 1 aromatic carbocycles. The fourth-order valence-corrected chi connectivity index (χ4v) is 5.35. The lowest BCUT2D eigenvalue weighted by Crippen LogP contribution is -2.46. The summed E-state index contributed by atoms with van der Waals surface area (Å²) in [6, 6.07) is 6.32. The van der Waals surface area contributed by atoms with Crippen LogP contribution in [0.5, 0.6) is 0 Å². The molecule has 1 amide bonds. The number of piperidine rings is 1. The zero-order valence-corrected chi connectivity index (χ0v) is 17.7. The van der Waals surface area contributed by atoms with Crippen LogP contribution in [0.25, 0.3) is 0 Å². The Balaban J connectivity index is 1.80. The van der Waals surface area contributed by atoms with Crippen molar-refractivity contribution in [3.05, 3.63) is 33.8 Å². The summed E-state index contributed by atoms with van der Waals surface area (Å²) in [6.07, 6.45) is 3.19. The van der Waals surface area contributed by atoms with Gasteiger partial charge in [0.15, 0.2) is 0 Å². The predicted octanol–water partition coefficient (Wildman–Crippen LogP) is 5.18.